The van der Waals surface area contributed by atoms with E-state index >= 15 is 0 Å². The van der Waals surface area contributed by atoms with Crippen molar-refractivity contribution in [1.82, 2.24) is 9.88 Å². The van der Waals surface area contributed by atoms with Gasteiger partial charge in [-0.25, -0.2) is 4.98 Å². The normalized spacial score (nSPS) is 15.5. The maximum atomic E-state index is 12.6. The standard InChI is InChI=1S/C15H17N3OS/c1-9-4-3-7-18(8-9)15(19)13-12(16)11-6-5-10(2)17-14(11)20-13/h4-6H,3,7-8,16H2,1-2H3. The van der Waals surface area contributed by atoms with E-state index < -0.39 is 0 Å². The molecular weight excluding hydrogens is 270 g/mol. The summed E-state index contributed by atoms with van der Waals surface area (Å²) in [4.78, 5) is 20.4. The molecule has 2 aromatic heterocycles. The number of aryl methyl sites for hydroxylation is 1. The Hall–Kier alpha value is -1.88. The number of pyridine rings is 1. The van der Waals surface area contributed by atoms with Gasteiger partial charge in [0.15, 0.2) is 0 Å². The summed E-state index contributed by atoms with van der Waals surface area (Å²) in [5, 5.41) is 0.883. The molecule has 2 N–H and O–H groups in total. The number of nitrogens with zero attached hydrogens (tertiary/aromatic N) is 2. The molecule has 0 aromatic carbocycles. The Morgan fingerprint density at radius 1 is 1.40 bits per heavy atom. The molecule has 0 aliphatic carbocycles. The van der Waals surface area contributed by atoms with Crippen LogP contribution in [0.2, 0.25) is 0 Å². The van der Waals surface area contributed by atoms with Crippen LogP contribution in [0.4, 0.5) is 5.69 Å². The molecule has 5 heteroatoms. The van der Waals surface area contributed by atoms with Crippen LogP contribution in [0, 0.1) is 6.92 Å². The molecule has 104 valence electrons. The molecule has 4 nitrogen and oxygen atoms in total. The highest BCUT2D eigenvalue weighted by Gasteiger charge is 2.23. The lowest BCUT2D eigenvalue weighted by Crippen LogP contribution is -2.35. The van der Waals surface area contributed by atoms with Crippen LogP contribution in [0.3, 0.4) is 0 Å². The molecule has 0 atom stereocenters. The third kappa shape index (κ3) is 2.18. The number of carbonyl (C=O) groups is 1. The van der Waals surface area contributed by atoms with E-state index in [1.807, 2.05) is 24.0 Å². The van der Waals surface area contributed by atoms with Crippen molar-refractivity contribution in [2.75, 3.05) is 18.8 Å². The van der Waals surface area contributed by atoms with Gasteiger partial charge in [-0.3, -0.25) is 4.79 Å². The molecule has 3 rings (SSSR count). The van der Waals surface area contributed by atoms with Crippen LogP contribution in [0.1, 0.15) is 28.7 Å². The number of amides is 1. The van der Waals surface area contributed by atoms with Crippen molar-refractivity contribution in [1.29, 1.82) is 0 Å². The minimum absolute atomic E-state index is 0.0237. The van der Waals surface area contributed by atoms with E-state index in [2.05, 4.69) is 18.0 Å². The quantitative estimate of drug-likeness (QED) is 0.820. The number of fused-ring (bicyclic) bond motifs is 1. The zero-order valence-electron chi connectivity index (χ0n) is 11.6. The van der Waals surface area contributed by atoms with Crippen molar-refractivity contribution in [2.45, 2.75) is 20.3 Å². The van der Waals surface area contributed by atoms with Gasteiger partial charge >= 0.3 is 0 Å². The molecule has 3 heterocycles. The summed E-state index contributed by atoms with van der Waals surface area (Å²) in [6, 6.07) is 3.87. The van der Waals surface area contributed by atoms with Gasteiger partial charge < -0.3 is 10.6 Å². The average Bonchev–Trinajstić information content (AvgIpc) is 2.74. The first-order valence-corrected chi connectivity index (χ1v) is 7.48. The number of nitrogens with two attached hydrogens (primary N) is 1. The summed E-state index contributed by atoms with van der Waals surface area (Å²) in [6.45, 7) is 5.45. The molecule has 0 saturated carbocycles. The van der Waals surface area contributed by atoms with E-state index in [1.165, 1.54) is 16.9 Å². The van der Waals surface area contributed by atoms with Gasteiger partial charge in [0, 0.05) is 24.2 Å². The smallest absolute Gasteiger partial charge is 0.266 e. The molecule has 1 aliphatic heterocycles. The molecule has 1 aliphatic rings. The van der Waals surface area contributed by atoms with Crippen LogP contribution >= 0.6 is 11.3 Å². The molecular formula is C15H17N3OS. The molecule has 0 fully saturated rings. The first-order chi connectivity index (χ1) is 9.56. The van der Waals surface area contributed by atoms with Gasteiger partial charge in [-0.2, -0.15) is 0 Å². The van der Waals surface area contributed by atoms with Crippen LogP contribution in [0.25, 0.3) is 10.2 Å². The van der Waals surface area contributed by atoms with Gasteiger partial charge in [-0.1, -0.05) is 11.6 Å². The number of carbonyl (C=O) groups excluding carboxylic acids is 1. The molecule has 2 aromatic rings. The van der Waals surface area contributed by atoms with Crippen molar-refractivity contribution in [2.24, 2.45) is 0 Å². The number of hydrogen-bond acceptors (Lipinski definition) is 4. The number of thiophene rings is 1. The number of aromatic nitrogens is 1. The number of anilines is 1. The Labute approximate surface area is 121 Å². The van der Waals surface area contributed by atoms with Crippen LogP contribution in [-0.4, -0.2) is 28.9 Å². The lowest BCUT2D eigenvalue weighted by Gasteiger charge is -2.25. The van der Waals surface area contributed by atoms with Crippen molar-refractivity contribution in [3.63, 3.8) is 0 Å². The molecule has 20 heavy (non-hydrogen) atoms. The second-order valence-electron chi connectivity index (χ2n) is 5.22. The SMILES string of the molecule is CC1=CCCN(C(=O)c2sc3nc(C)ccc3c2N)C1. The summed E-state index contributed by atoms with van der Waals surface area (Å²) in [5.41, 5.74) is 8.88. The Balaban J connectivity index is 1.99. The monoisotopic (exact) mass is 287 g/mol. The molecule has 0 bridgehead atoms. The highest BCUT2D eigenvalue weighted by molar-refractivity contribution is 7.21. The van der Waals surface area contributed by atoms with Gasteiger partial charge in [0.25, 0.3) is 5.91 Å². The number of rotatable bonds is 1. The maximum absolute atomic E-state index is 12.6. The third-order valence-electron chi connectivity index (χ3n) is 3.55. The largest absolute Gasteiger partial charge is 0.397 e. The zero-order valence-corrected chi connectivity index (χ0v) is 12.5. The van der Waals surface area contributed by atoms with Crippen LogP contribution in [-0.2, 0) is 0 Å². The Bertz CT molecular complexity index is 717. The average molecular weight is 287 g/mol. The van der Waals surface area contributed by atoms with E-state index in [0.717, 1.165) is 28.9 Å². The van der Waals surface area contributed by atoms with Gasteiger partial charge in [-0.05, 0) is 32.4 Å². The second kappa shape index (κ2) is 4.90. The first-order valence-electron chi connectivity index (χ1n) is 6.67. The fraction of sp³-hybridized carbons (Fsp3) is 0.333. The van der Waals surface area contributed by atoms with Gasteiger partial charge in [0.1, 0.15) is 9.71 Å². The topological polar surface area (TPSA) is 59.2 Å². The van der Waals surface area contributed by atoms with Crippen LogP contribution in [0.5, 0.6) is 0 Å². The van der Waals surface area contributed by atoms with Crippen LogP contribution in [0.15, 0.2) is 23.8 Å². The molecule has 0 radical (unpaired) electrons. The Morgan fingerprint density at radius 2 is 2.20 bits per heavy atom. The van der Waals surface area contributed by atoms with E-state index in [0.29, 0.717) is 17.1 Å². The van der Waals surface area contributed by atoms with Crippen molar-refractivity contribution >= 4 is 33.1 Å². The number of nitrogen functional groups attached to an aromatic ring is 1. The van der Waals surface area contributed by atoms with Crippen LogP contribution < -0.4 is 5.73 Å². The summed E-state index contributed by atoms with van der Waals surface area (Å²) < 4.78 is 0. The Kier molecular flexibility index (Phi) is 3.22. The predicted molar refractivity (Wildman–Crippen MR) is 83.0 cm³/mol. The molecule has 0 unspecified atom stereocenters. The molecule has 1 amide bonds. The summed E-state index contributed by atoms with van der Waals surface area (Å²) >= 11 is 1.39. The van der Waals surface area contributed by atoms with Crippen molar-refractivity contribution < 1.29 is 4.79 Å². The van der Waals surface area contributed by atoms with E-state index in [4.69, 9.17) is 5.73 Å². The first kappa shape index (κ1) is 13.1. The third-order valence-corrected chi connectivity index (χ3v) is 4.65. The van der Waals surface area contributed by atoms with E-state index in [1.54, 1.807) is 0 Å². The van der Waals surface area contributed by atoms with Gasteiger partial charge in [0.2, 0.25) is 0 Å². The van der Waals surface area contributed by atoms with E-state index in [9.17, 15) is 4.79 Å². The van der Waals surface area contributed by atoms with Gasteiger partial charge in [0.05, 0.1) is 5.69 Å². The Morgan fingerprint density at radius 3 is 2.95 bits per heavy atom. The summed E-state index contributed by atoms with van der Waals surface area (Å²) in [7, 11) is 0. The molecule has 0 spiro atoms. The fourth-order valence-electron chi connectivity index (χ4n) is 2.48. The highest BCUT2D eigenvalue weighted by Crippen LogP contribution is 2.33. The zero-order chi connectivity index (χ0) is 14.3. The number of hydrogen-bond donors (Lipinski definition) is 1. The van der Waals surface area contributed by atoms with Crippen molar-refractivity contribution in [3.8, 4) is 0 Å². The predicted octanol–water partition coefficient (Wildman–Crippen LogP) is 2.98. The maximum Gasteiger partial charge on any atom is 0.266 e. The minimum atomic E-state index is 0.0237. The summed E-state index contributed by atoms with van der Waals surface area (Å²) in [5.74, 6) is 0.0237. The molecule has 0 saturated heterocycles. The highest BCUT2D eigenvalue weighted by atomic mass is 32.1. The summed E-state index contributed by atoms with van der Waals surface area (Å²) in [6.07, 6.45) is 3.10. The second-order valence-corrected chi connectivity index (χ2v) is 6.22. The minimum Gasteiger partial charge on any atom is -0.397 e. The lowest BCUT2D eigenvalue weighted by molar-refractivity contribution is 0.0772. The lowest BCUT2D eigenvalue weighted by atomic mass is 10.1. The van der Waals surface area contributed by atoms with E-state index in [-0.39, 0.29) is 5.91 Å². The van der Waals surface area contributed by atoms with Gasteiger partial charge in [-0.15, -0.1) is 11.3 Å². The van der Waals surface area contributed by atoms with Crippen molar-refractivity contribution in [3.05, 3.63) is 34.4 Å². The fourth-order valence-corrected chi connectivity index (χ4v) is 3.58.